The first-order valence-corrected chi connectivity index (χ1v) is 7.92. The standard InChI is InChI=1S/C20H14S/c1-2-6-15(7-3-1)16-10-12-17(13-11-16)19-14-21-20-9-5-4-8-18(19)20/h1-14H. The fourth-order valence-electron chi connectivity index (χ4n) is 2.67. The number of benzene rings is 3. The summed E-state index contributed by atoms with van der Waals surface area (Å²) in [6.45, 7) is 0. The Labute approximate surface area is 128 Å². The first-order valence-electron chi connectivity index (χ1n) is 7.04. The minimum absolute atomic E-state index is 1.26. The molecule has 4 aromatic rings. The van der Waals surface area contributed by atoms with Gasteiger partial charge >= 0.3 is 0 Å². The Morgan fingerprint density at radius 1 is 0.524 bits per heavy atom. The molecule has 0 aliphatic carbocycles. The lowest BCUT2D eigenvalue weighted by molar-refractivity contribution is 1.61. The highest BCUT2D eigenvalue weighted by Crippen LogP contribution is 2.34. The Morgan fingerprint density at radius 2 is 1.14 bits per heavy atom. The highest BCUT2D eigenvalue weighted by Gasteiger charge is 2.06. The second-order valence-electron chi connectivity index (χ2n) is 5.09. The van der Waals surface area contributed by atoms with Crippen molar-refractivity contribution >= 4 is 21.4 Å². The van der Waals surface area contributed by atoms with E-state index in [1.165, 1.54) is 32.3 Å². The van der Waals surface area contributed by atoms with Crippen molar-refractivity contribution in [3.63, 3.8) is 0 Å². The zero-order chi connectivity index (χ0) is 14.1. The molecule has 1 heterocycles. The van der Waals surface area contributed by atoms with Crippen LogP contribution in [-0.4, -0.2) is 0 Å². The second-order valence-corrected chi connectivity index (χ2v) is 6.00. The van der Waals surface area contributed by atoms with Crippen LogP contribution in [0.3, 0.4) is 0 Å². The zero-order valence-corrected chi connectivity index (χ0v) is 12.3. The van der Waals surface area contributed by atoms with Crippen LogP contribution in [0.1, 0.15) is 0 Å². The van der Waals surface area contributed by atoms with Gasteiger partial charge in [-0.2, -0.15) is 0 Å². The van der Waals surface area contributed by atoms with Crippen molar-refractivity contribution < 1.29 is 0 Å². The quantitative estimate of drug-likeness (QED) is 0.409. The van der Waals surface area contributed by atoms with Crippen molar-refractivity contribution in [2.45, 2.75) is 0 Å². The van der Waals surface area contributed by atoms with Crippen molar-refractivity contribution in [3.05, 3.63) is 84.2 Å². The van der Waals surface area contributed by atoms with E-state index in [0.717, 1.165) is 0 Å². The molecule has 0 saturated heterocycles. The van der Waals surface area contributed by atoms with E-state index in [1.54, 1.807) is 0 Å². The van der Waals surface area contributed by atoms with Crippen molar-refractivity contribution in [2.24, 2.45) is 0 Å². The van der Waals surface area contributed by atoms with Crippen LogP contribution in [0.25, 0.3) is 32.3 Å². The van der Waals surface area contributed by atoms with Crippen LogP contribution in [0, 0.1) is 0 Å². The maximum atomic E-state index is 2.25. The van der Waals surface area contributed by atoms with Crippen LogP contribution in [0.5, 0.6) is 0 Å². The molecule has 1 heteroatoms. The molecule has 3 aromatic carbocycles. The molecule has 0 nitrogen and oxygen atoms in total. The maximum absolute atomic E-state index is 2.25. The lowest BCUT2D eigenvalue weighted by atomic mass is 10.00. The summed E-state index contributed by atoms with van der Waals surface area (Å²) >= 11 is 1.81. The van der Waals surface area contributed by atoms with Crippen LogP contribution in [0.2, 0.25) is 0 Å². The van der Waals surface area contributed by atoms with Crippen LogP contribution in [-0.2, 0) is 0 Å². The third kappa shape index (κ3) is 2.26. The maximum Gasteiger partial charge on any atom is 0.0349 e. The molecule has 0 aliphatic heterocycles. The Kier molecular flexibility index (Phi) is 3.06. The predicted molar refractivity (Wildman–Crippen MR) is 92.7 cm³/mol. The third-order valence-corrected chi connectivity index (χ3v) is 4.75. The van der Waals surface area contributed by atoms with Crippen LogP contribution in [0.15, 0.2) is 84.2 Å². The Balaban J connectivity index is 1.77. The van der Waals surface area contributed by atoms with Gasteiger partial charge in [-0.25, -0.2) is 0 Å². The van der Waals surface area contributed by atoms with Crippen molar-refractivity contribution in [2.75, 3.05) is 0 Å². The van der Waals surface area contributed by atoms with E-state index in [0.29, 0.717) is 0 Å². The highest BCUT2D eigenvalue weighted by molar-refractivity contribution is 7.17. The van der Waals surface area contributed by atoms with E-state index in [-0.39, 0.29) is 0 Å². The fraction of sp³-hybridized carbons (Fsp3) is 0. The molecule has 0 radical (unpaired) electrons. The summed E-state index contributed by atoms with van der Waals surface area (Å²) in [5.41, 5.74) is 5.14. The lowest BCUT2D eigenvalue weighted by Crippen LogP contribution is -1.79. The first kappa shape index (κ1) is 12.4. The first-order chi connectivity index (χ1) is 10.4. The monoisotopic (exact) mass is 286 g/mol. The molecular weight excluding hydrogens is 272 g/mol. The molecule has 1 aromatic heterocycles. The summed E-state index contributed by atoms with van der Waals surface area (Å²) in [6.07, 6.45) is 0. The molecule has 0 spiro atoms. The number of rotatable bonds is 2. The van der Waals surface area contributed by atoms with Gasteiger partial charge in [0.15, 0.2) is 0 Å². The highest BCUT2D eigenvalue weighted by atomic mass is 32.1. The van der Waals surface area contributed by atoms with E-state index in [9.17, 15) is 0 Å². The molecule has 0 aliphatic rings. The predicted octanol–water partition coefficient (Wildman–Crippen LogP) is 6.24. The van der Waals surface area contributed by atoms with Crippen LogP contribution in [0.4, 0.5) is 0 Å². The Bertz CT molecular complexity index is 871. The second kappa shape index (κ2) is 5.19. The summed E-state index contributed by atoms with van der Waals surface area (Å²) in [6, 6.07) is 27.9. The van der Waals surface area contributed by atoms with Gasteiger partial charge in [0.25, 0.3) is 0 Å². The molecule has 100 valence electrons. The van der Waals surface area contributed by atoms with E-state index in [2.05, 4.69) is 84.2 Å². The molecule has 0 amide bonds. The molecule has 21 heavy (non-hydrogen) atoms. The normalized spacial score (nSPS) is 10.9. The van der Waals surface area contributed by atoms with Crippen molar-refractivity contribution in [3.8, 4) is 22.3 Å². The van der Waals surface area contributed by atoms with Gasteiger partial charge in [0, 0.05) is 15.6 Å². The van der Waals surface area contributed by atoms with Gasteiger partial charge in [0.1, 0.15) is 0 Å². The average Bonchev–Trinajstić information content (AvgIpc) is 3.00. The third-order valence-electron chi connectivity index (χ3n) is 3.78. The molecular formula is C20H14S. The lowest BCUT2D eigenvalue weighted by Gasteiger charge is -2.04. The van der Waals surface area contributed by atoms with Crippen LogP contribution < -0.4 is 0 Å². The molecule has 0 atom stereocenters. The summed E-state index contributed by atoms with van der Waals surface area (Å²) in [4.78, 5) is 0. The van der Waals surface area contributed by atoms with Gasteiger partial charge < -0.3 is 0 Å². The average molecular weight is 286 g/mol. The van der Waals surface area contributed by atoms with E-state index in [4.69, 9.17) is 0 Å². The molecule has 0 saturated carbocycles. The number of thiophene rings is 1. The Morgan fingerprint density at radius 3 is 1.95 bits per heavy atom. The van der Waals surface area contributed by atoms with Crippen LogP contribution >= 0.6 is 11.3 Å². The molecule has 0 N–H and O–H groups in total. The van der Waals surface area contributed by atoms with Crippen molar-refractivity contribution in [1.82, 2.24) is 0 Å². The van der Waals surface area contributed by atoms with Gasteiger partial charge in [-0.1, -0.05) is 72.8 Å². The molecule has 0 unspecified atom stereocenters. The largest absolute Gasteiger partial charge is 0.143 e. The SMILES string of the molecule is c1ccc(-c2ccc(-c3csc4ccccc34)cc2)cc1. The Hall–Kier alpha value is -2.38. The van der Waals surface area contributed by atoms with E-state index < -0.39 is 0 Å². The number of hydrogen-bond donors (Lipinski definition) is 0. The van der Waals surface area contributed by atoms with Gasteiger partial charge in [-0.05, 0) is 28.1 Å². The minimum atomic E-state index is 1.26. The van der Waals surface area contributed by atoms with Gasteiger partial charge in [-0.3, -0.25) is 0 Å². The topological polar surface area (TPSA) is 0 Å². The summed E-state index contributed by atoms with van der Waals surface area (Å²) < 4.78 is 1.35. The summed E-state index contributed by atoms with van der Waals surface area (Å²) in [7, 11) is 0. The molecule has 0 bridgehead atoms. The van der Waals surface area contributed by atoms with E-state index >= 15 is 0 Å². The van der Waals surface area contributed by atoms with Gasteiger partial charge in [0.2, 0.25) is 0 Å². The minimum Gasteiger partial charge on any atom is -0.143 e. The zero-order valence-electron chi connectivity index (χ0n) is 11.5. The summed E-state index contributed by atoms with van der Waals surface area (Å²) in [5, 5.41) is 3.59. The summed E-state index contributed by atoms with van der Waals surface area (Å²) in [5.74, 6) is 0. The van der Waals surface area contributed by atoms with Crippen molar-refractivity contribution in [1.29, 1.82) is 0 Å². The fourth-order valence-corrected chi connectivity index (χ4v) is 3.64. The molecule has 4 rings (SSSR count). The number of fused-ring (bicyclic) bond motifs is 1. The number of hydrogen-bond acceptors (Lipinski definition) is 1. The smallest absolute Gasteiger partial charge is 0.0349 e. The van der Waals surface area contributed by atoms with Gasteiger partial charge in [-0.15, -0.1) is 11.3 Å². The molecule has 0 fully saturated rings. The van der Waals surface area contributed by atoms with E-state index in [1.807, 2.05) is 11.3 Å². The van der Waals surface area contributed by atoms with Gasteiger partial charge in [0.05, 0.1) is 0 Å².